The summed E-state index contributed by atoms with van der Waals surface area (Å²) in [6.07, 6.45) is 3.03. The summed E-state index contributed by atoms with van der Waals surface area (Å²) in [5.41, 5.74) is 1.73. The smallest absolute Gasteiger partial charge is 0.160 e. The van der Waals surface area contributed by atoms with Crippen molar-refractivity contribution in [1.29, 1.82) is 0 Å². The minimum Gasteiger partial charge on any atom is -0.597 e. The number of nitrogens with zero attached hydrogens (tertiary/aromatic N) is 1. The van der Waals surface area contributed by atoms with Crippen LogP contribution in [0.3, 0.4) is 0 Å². The van der Waals surface area contributed by atoms with E-state index in [0.29, 0.717) is 38.2 Å². The molecule has 2 aliphatic heterocycles. The summed E-state index contributed by atoms with van der Waals surface area (Å²) in [5.74, 6) is -0.313. The first-order valence-electron chi connectivity index (χ1n) is 11.4. The van der Waals surface area contributed by atoms with Crippen molar-refractivity contribution >= 4 is 11.4 Å². The third-order valence-corrected chi connectivity index (χ3v) is 8.61. The van der Waals surface area contributed by atoms with Crippen LogP contribution in [0.5, 0.6) is 0 Å². The van der Waals surface area contributed by atoms with Gasteiger partial charge in [0.15, 0.2) is 5.25 Å². The van der Waals surface area contributed by atoms with Crippen LogP contribution in [0.2, 0.25) is 0 Å². The van der Waals surface area contributed by atoms with E-state index in [9.17, 15) is 9.66 Å². The van der Waals surface area contributed by atoms with Gasteiger partial charge in [0.2, 0.25) is 0 Å². The lowest BCUT2D eigenvalue weighted by atomic mass is 9.85. The van der Waals surface area contributed by atoms with Crippen molar-refractivity contribution < 1.29 is 23.5 Å². The van der Waals surface area contributed by atoms with Crippen molar-refractivity contribution in [2.45, 2.75) is 56.0 Å². The first-order chi connectivity index (χ1) is 15.5. The molecule has 2 aromatic carbocycles. The molecule has 2 fully saturated rings. The minimum absolute atomic E-state index is 0.0628. The van der Waals surface area contributed by atoms with E-state index in [1.54, 1.807) is 12.1 Å². The fraction of sp³-hybridized carbons (Fsp3) is 0.520. The fourth-order valence-corrected chi connectivity index (χ4v) is 6.51. The number of halogens is 1. The van der Waals surface area contributed by atoms with Crippen LogP contribution in [-0.2, 0) is 33.0 Å². The number of hydrogen-bond donors (Lipinski definition) is 1. The Labute approximate surface area is 192 Å². The SMILES string of the molecule is C[C@H]1CC[C@H](c2ccccc2)[S+]([O-])N1Cc1ccc(C2(OCCO)CCOCC2)cc1F. The maximum atomic E-state index is 15.3. The Morgan fingerprint density at radius 2 is 1.94 bits per heavy atom. The topological polar surface area (TPSA) is 65.0 Å². The van der Waals surface area contributed by atoms with Gasteiger partial charge in [0.25, 0.3) is 0 Å². The zero-order valence-corrected chi connectivity index (χ0v) is 19.4. The molecule has 0 radical (unpaired) electrons. The Morgan fingerprint density at radius 1 is 1.19 bits per heavy atom. The Morgan fingerprint density at radius 3 is 2.62 bits per heavy atom. The summed E-state index contributed by atoms with van der Waals surface area (Å²) < 4.78 is 42.0. The highest BCUT2D eigenvalue weighted by Crippen LogP contribution is 2.39. The van der Waals surface area contributed by atoms with Crippen molar-refractivity contribution in [3.63, 3.8) is 0 Å². The average Bonchev–Trinajstić information content (AvgIpc) is 2.82. The molecule has 1 unspecified atom stereocenters. The van der Waals surface area contributed by atoms with Crippen LogP contribution < -0.4 is 0 Å². The zero-order chi connectivity index (χ0) is 22.6. The highest BCUT2D eigenvalue weighted by molar-refractivity contribution is 7.89. The number of benzene rings is 2. The standard InChI is InChI=1S/C25H32FNO4S/c1-19-7-10-24(20-5-3-2-4-6-20)32(29)27(19)18-21-8-9-22(17-23(21)26)25(31-16-13-28)11-14-30-15-12-25/h2-6,8-9,17,19,24,28H,7,10-16,18H2,1H3/t19-,24+,32?/m0/s1. The maximum absolute atomic E-state index is 15.3. The van der Waals surface area contributed by atoms with Gasteiger partial charge in [0.1, 0.15) is 5.82 Å². The van der Waals surface area contributed by atoms with Crippen LogP contribution in [0.25, 0.3) is 0 Å². The third-order valence-electron chi connectivity index (χ3n) is 6.66. The number of hydrogen-bond acceptors (Lipinski definition) is 5. The Bertz CT molecular complexity index is 878. The van der Waals surface area contributed by atoms with E-state index >= 15 is 4.39 Å². The second-order valence-corrected chi connectivity index (χ2v) is 10.3. The third kappa shape index (κ3) is 5.03. The fourth-order valence-electron chi connectivity index (χ4n) is 4.73. The van der Waals surface area contributed by atoms with Gasteiger partial charge in [-0.2, -0.15) is 0 Å². The summed E-state index contributed by atoms with van der Waals surface area (Å²) in [5, 5.41) is 9.17. The van der Waals surface area contributed by atoms with Crippen LogP contribution in [-0.4, -0.2) is 46.4 Å². The molecular formula is C25H32FNO4S. The van der Waals surface area contributed by atoms with Crippen molar-refractivity contribution in [3.8, 4) is 0 Å². The van der Waals surface area contributed by atoms with Crippen LogP contribution in [0.1, 0.15) is 54.5 Å². The summed E-state index contributed by atoms with van der Waals surface area (Å²) in [7, 11) is 0. The molecule has 7 heteroatoms. The van der Waals surface area contributed by atoms with Crippen LogP contribution in [0, 0.1) is 5.82 Å². The molecule has 2 aromatic rings. The first kappa shape index (κ1) is 23.7. The molecule has 3 atom stereocenters. The van der Waals surface area contributed by atoms with E-state index in [1.807, 2.05) is 40.7 Å². The molecule has 1 N–H and O–H groups in total. The second kappa shape index (κ2) is 10.6. The zero-order valence-electron chi connectivity index (χ0n) is 18.5. The quantitative estimate of drug-likeness (QED) is 0.625. The normalized spacial score (nSPS) is 26.2. The van der Waals surface area contributed by atoms with E-state index in [1.165, 1.54) is 0 Å². The number of aliphatic hydroxyl groups is 1. The molecule has 2 saturated heterocycles. The van der Waals surface area contributed by atoms with Crippen molar-refractivity contribution in [3.05, 3.63) is 71.0 Å². The van der Waals surface area contributed by atoms with Crippen LogP contribution in [0.15, 0.2) is 48.5 Å². The lowest BCUT2D eigenvalue weighted by molar-refractivity contribution is -0.123. The van der Waals surface area contributed by atoms with E-state index < -0.39 is 17.0 Å². The van der Waals surface area contributed by atoms with Crippen LogP contribution >= 0.6 is 0 Å². The summed E-state index contributed by atoms with van der Waals surface area (Å²) >= 11 is -1.23. The Kier molecular flexibility index (Phi) is 7.87. The molecule has 0 aliphatic carbocycles. The average molecular weight is 462 g/mol. The van der Waals surface area contributed by atoms with Crippen molar-refractivity contribution in [1.82, 2.24) is 4.31 Å². The Hall–Kier alpha value is -1.48. The monoisotopic (exact) mass is 461 g/mol. The molecule has 0 aromatic heterocycles. The van der Waals surface area contributed by atoms with E-state index in [2.05, 4.69) is 6.92 Å². The number of aliphatic hydroxyl groups excluding tert-OH is 1. The van der Waals surface area contributed by atoms with Crippen molar-refractivity contribution in [2.24, 2.45) is 0 Å². The first-order valence-corrected chi connectivity index (χ1v) is 12.5. The predicted octanol–water partition coefficient (Wildman–Crippen LogP) is 4.23. The molecule has 174 valence electrons. The second-order valence-electron chi connectivity index (χ2n) is 8.66. The minimum atomic E-state index is -1.23. The largest absolute Gasteiger partial charge is 0.597 e. The van der Waals surface area contributed by atoms with Gasteiger partial charge in [-0.15, -0.1) is 4.31 Å². The predicted molar refractivity (Wildman–Crippen MR) is 123 cm³/mol. The molecule has 2 heterocycles. The highest BCUT2D eigenvalue weighted by atomic mass is 32.2. The summed E-state index contributed by atoms with van der Waals surface area (Å²) in [6.45, 7) is 3.57. The van der Waals surface area contributed by atoms with Gasteiger partial charge in [0.05, 0.1) is 31.4 Å². The lowest BCUT2D eigenvalue weighted by Crippen LogP contribution is -2.45. The number of ether oxygens (including phenoxy) is 2. The Balaban J connectivity index is 1.53. The molecular weight excluding hydrogens is 429 g/mol. The molecule has 2 aliphatic rings. The van der Waals surface area contributed by atoms with Gasteiger partial charge in [-0.05, 0) is 25.0 Å². The van der Waals surface area contributed by atoms with Gasteiger partial charge in [0, 0.05) is 55.0 Å². The van der Waals surface area contributed by atoms with Crippen molar-refractivity contribution in [2.75, 3.05) is 26.4 Å². The van der Waals surface area contributed by atoms with Gasteiger partial charge < -0.3 is 19.1 Å². The lowest BCUT2D eigenvalue weighted by Gasteiger charge is -2.39. The molecule has 4 rings (SSSR count). The summed E-state index contributed by atoms with van der Waals surface area (Å²) in [4.78, 5) is 0. The van der Waals surface area contributed by atoms with Gasteiger partial charge in [-0.25, -0.2) is 4.39 Å². The molecule has 0 saturated carbocycles. The van der Waals surface area contributed by atoms with Gasteiger partial charge in [-0.1, -0.05) is 42.5 Å². The summed E-state index contributed by atoms with van der Waals surface area (Å²) in [6, 6.07) is 15.3. The van der Waals surface area contributed by atoms with Gasteiger partial charge >= 0.3 is 0 Å². The van der Waals surface area contributed by atoms with E-state index in [4.69, 9.17) is 9.47 Å². The molecule has 5 nitrogen and oxygen atoms in total. The van der Waals surface area contributed by atoms with E-state index in [0.717, 1.165) is 24.0 Å². The van der Waals surface area contributed by atoms with E-state index in [-0.39, 0.29) is 30.3 Å². The molecule has 0 amide bonds. The van der Waals surface area contributed by atoms with Gasteiger partial charge in [-0.3, -0.25) is 0 Å². The molecule has 0 spiro atoms. The van der Waals surface area contributed by atoms with Crippen LogP contribution in [0.4, 0.5) is 4.39 Å². The molecule has 0 bridgehead atoms. The number of rotatable bonds is 7. The highest BCUT2D eigenvalue weighted by Gasteiger charge is 2.40. The molecule has 32 heavy (non-hydrogen) atoms. The maximum Gasteiger partial charge on any atom is 0.160 e.